The number of carbonyl (C=O) groups excluding carboxylic acids is 4. The van der Waals surface area contributed by atoms with E-state index in [1.54, 1.807) is 11.9 Å². The van der Waals surface area contributed by atoms with Crippen LogP contribution >= 0.6 is 0 Å². The van der Waals surface area contributed by atoms with Crippen molar-refractivity contribution in [3.8, 4) is 0 Å². The van der Waals surface area contributed by atoms with E-state index in [4.69, 9.17) is 4.74 Å². The van der Waals surface area contributed by atoms with E-state index in [1.807, 2.05) is 39.5 Å². The summed E-state index contributed by atoms with van der Waals surface area (Å²) in [7, 11) is 1.59. The molecule has 0 aromatic heterocycles. The van der Waals surface area contributed by atoms with Crippen molar-refractivity contribution in [2.45, 2.75) is 71.9 Å². The maximum absolute atomic E-state index is 12.7. The normalized spacial score (nSPS) is 20.0. The molecule has 2 aliphatic rings. The standard InChI is InChI=1S/C22H38N4O5/c1-16(2)26(21(30)31-22(3,4)5)14-17-9-7-11-24(13-17)18(27)10-8-12-25-19(28)15-23(6)20(25)29/h16-17H,7-15H2,1-6H3. The molecule has 2 aliphatic heterocycles. The summed E-state index contributed by atoms with van der Waals surface area (Å²) in [5.41, 5.74) is -0.550. The van der Waals surface area contributed by atoms with Gasteiger partial charge in [0.15, 0.2) is 0 Å². The van der Waals surface area contributed by atoms with Gasteiger partial charge >= 0.3 is 12.1 Å². The molecular formula is C22H38N4O5. The monoisotopic (exact) mass is 438 g/mol. The van der Waals surface area contributed by atoms with Crippen molar-refractivity contribution < 1.29 is 23.9 Å². The summed E-state index contributed by atoms with van der Waals surface area (Å²) in [5, 5.41) is 0. The fourth-order valence-electron chi connectivity index (χ4n) is 3.97. The first-order valence-corrected chi connectivity index (χ1v) is 11.2. The highest BCUT2D eigenvalue weighted by atomic mass is 16.6. The van der Waals surface area contributed by atoms with Crippen molar-refractivity contribution in [1.29, 1.82) is 0 Å². The van der Waals surface area contributed by atoms with Crippen molar-refractivity contribution in [3.63, 3.8) is 0 Å². The van der Waals surface area contributed by atoms with Gasteiger partial charge in [-0.05, 0) is 59.8 Å². The van der Waals surface area contributed by atoms with Crippen LogP contribution in [-0.2, 0) is 14.3 Å². The molecule has 0 radical (unpaired) electrons. The zero-order chi connectivity index (χ0) is 23.3. The van der Waals surface area contributed by atoms with Crippen LogP contribution in [0.25, 0.3) is 0 Å². The Morgan fingerprint density at radius 1 is 1.23 bits per heavy atom. The molecule has 0 N–H and O–H groups in total. The Bertz CT molecular complexity index is 688. The fourth-order valence-corrected chi connectivity index (χ4v) is 3.97. The summed E-state index contributed by atoms with van der Waals surface area (Å²) in [5.74, 6) is 0.0161. The zero-order valence-electron chi connectivity index (χ0n) is 19.8. The van der Waals surface area contributed by atoms with Gasteiger partial charge in [-0.2, -0.15) is 0 Å². The second-order valence-corrected chi connectivity index (χ2v) is 9.86. The van der Waals surface area contributed by atoms with Gasteiger partial charge in [-0.3, -0.25) is 14.5 Å². The molecule has 0 aromatic carbocycles. The van der Waals surface area contributed by atoms with Crippen LogP contribution in [0.3, 0.4) is 0 Å². The highest BCUT2D eigenvalue weighted by Crippen LogP contribution is 2.21. The average Bonchev–Trinajstić information content (AvgIpc) is 2.90. The van der Waals surface area contributed by atoms with Gasteiger partial charge < -0.3 is 19.4 Å². The number of ether oxygens (including phenoxy) is 1. The Balaban J connectivity index is 1.84. The highest BCUT2D eigenvalue weighted by molar-refractivity contribution is 6.01. The van der Waals surface area contributed by atoms with Crippen molar-refractivity contribution in [2.75, 3.05) is 39.8 Å². The molecule has 0 spiro atoms. The number of hydrogen-bond donors (Lipinski definition) is 0. The van der Waals surface area contributed by atoms with E-state index in [0.29, 0.717) is 32.5 Å². The van der Waals surface area contributed by atoms with Gasteiger partial charge in [-0.25, -0.2) is 9.59 Å². The fraction of sp³-hybridized carbons (Fsp3) is 0.818. The maximum atomic E-state index is 12.7. The Labute approximate surface area is 185 Å². The molecule has 2 fully saturated rings. The minimum Gasteiger partial charge on any atom is -0.444 e. The first-order chi connectivity index (χ1) is 14.4. The number of amides is 5. The van der Waals surface area contributed by atoms with E-state index in [0.717, 1.165) is 12.8 Å². The van der Waals surface area contributed by atoms with E-state index in [2.05, 4.69) is 0 Å². The van der Waals surface area contributed by atoms with Gasteiger partial charge in [0.05, 0.1) is 0 Å². The zero-order valence-corrected chi connectivity index (χ0v) is 19.8. The first-order valence-electron chi connectivity index (χ1n) is 11.2. The Morgan fingerprint density at radius 2 is 1.90 bits per heavy atom. The van der Waals surface area contributed by atoms with Crippen LogP contribution in [0.2, 0.25) is 0 Å². The largest absolute Gasteiger partial charge is 0.444 e. The molecule has 5 amide bonds. The van der Waals surface area contributed by atoms with Gasteiger partial charge in [-0.1, -0.05) is 0 Å². The molecule has 2 heterocycles. The summed E-state index contributed by atoms with van der Waals surface area (Å²) in [6.07, 6.45) is 2.29. The van der Waals surface area contributed by atoms with Crippen molar-refractivity contribution >= 4 is 23.9 Å². The molecule has 2 saturated heterocycles. The summed E-state index contributed by atoms with van der Waals surface area (Å²) in [6, 6.07) is -0.291. The lowest BCUT2D eigenvalue weighted by Gasteiger charge is -2.37. The van der Waals surface area contributed by atoms with Crippen LogP contribution in [0.15, 0.2) is 0 Å². The number of piperidine rings is 1. The lowest BCUT2D eigenvalue weighted by molar-refractivity contribution is -0.133. The first kappa shape index (κ1) is 24.9. The second kappa shape index (κ2) is 10.3. The van der Waals surface area contributed by atoms with E-state index >= 15 is 0 Å². The van der Waals surface area contributed by atoms with Gasteiger partial charge in [0, 0.05) is 45.7 Å². The van der Waals surface area contributed by atoms with E-state index in [1.165, 1.54) is 9.80 Å². The molecule has 0 aromatic rings. The third-order valence-electron chi connectivity index (χ3n) is 5.58. The Hall–Kier alpha value is -2.32. The summed E-state index contributed by atoms with van der Waals surface area (Å²) >= 11 is 0. The van der Waals surface area contributed by atoms with Crippen LogP contribution in [0, 0.1) is 5.92 Å². The number of nitrogens with zero attached hydrogens (tertiary/aromatic N) is 4. The second-order valence-electron chi connectivity index (χ2n) is 9.86. The third kappa shape index (κ3) is 7.11. The molecule has 31 heavy (non-hydrogen) atoms. The molecule has 0 bridgehead atoms. The SMILES string of the molecule is CC(C)N(CC1CCCN(C(=O)CCCN2C(=O)CN(C)C2=O)C1)C(=O)OC(C)(C)C. The van der Waals surface area contributed by atoms with E-state index in [-0.39, 0.29) is 49.0 Å². The number of carbonyl (C=O) groups is 4. The average molecular weight is 439 g/mol. The van der Waals surface area contributed by atoms with Crippen molar-refractivity contribution in [1.82, 2.24) is 19.6 Å². The van der Waals surface area contributed by atoms with E-state index in [9.17, 15) is 19.2 Å². The maximum Gasteiger partial charge on any atom is 0.410 e. The minimum atomic E-state index is -0.550. The predicted molar refractivity (Wildman–Crippen MR) is 116 cm³/mol. The van der Waals surface area contributed by atoms with Gasteiger partial charge in [0.2, 0.25) is 11.8 Å². The number of imide groups is 1. The molecule has 9 heteroatoms. The van der Waals surface area contributed by atoms with Crippen molar-refractivity contribution in [2.24, 2.45) is 5.92 Å². The third-order valence-corrected chi connectivity index (χ3v) is 5.58. The molecule has 0 aliphatic carbocycles. The lowest BCUT2D eigenvalue weighted by atomic mass is 9.96. The van der Waals surface area contributed by atoms with Gasteiger partial charge in [0.1, 0.15) is 12.1 Å². The molecular weight excluding hydrogens is 400 g/mol. The number of likely N-dealkylation sites (tertiary alicyclic amines) is 1. The van der Waals surface area contributed by atoms with Gasteiger partial charge in [-0.15, -0.1) is 0 Å². The van der Waals surface area contributed by atoms with Crippen LogP contribution in [0.1, 0.15) is 60.3 Å². The van der Waals surface area contributed by atoms with Crippen molar-refractivity contribution in [3.05, 3.63) is 0 Å². The number of rotatable bonds is 7. The summed E-state index contributed by atoms with van der Waals surface area (Å²) in [6.45, 7) is 11.7. The topological polar surface area (TPSA) is 90.5 Å². The van der Waals surface area contributed by atoms with Gasteiger partial charge in [0.25, 0.3) is 0 Å². The minimum absolute atomic E-state index is 0.00888. The molecule has 2 rings (SSSR count). The molecule has 9 nitrogen and oxygen atoms in total. The number of likely N-dealkylation sites (N-methyl/N-ethyl adjacent to an activating group) is 1. The molecule has 1 atom stereocenters. The Morgan fingerprint density at radius 3 is 2.45 bits per heavy atom. The number of hydrogen-bond acceptors (Lipinski definition) is 5. The quantitative estimate of drug-likeness (QED) is 0.570. The Kier molecular flexibility index (Phi) is 8.31. The molecule has 0 saturated carbocycles. The van der Waals surface area contributed by atoms with Crippen LogP contribution in [-0.4, -0.2) is 95.0 Å². The summed E-state index contributed by atoms with van der Waals surface area (Å²) < 4.78 is 5.55. The smallest absolute Gasteiger partial charge is 0.410 e. The molecule has 176 valence electrons. The number of urea groups is 1. The van der Waals surface area contributed by atoms with E-state index < -0.39 is 5.60 Å². The molecule has 1 unspecified atom stereocenters. The summed E-state index contributed by atoms with van der Waals surface area (Å²) in [4.78, 5) is 55.3. The predicted octanol–water partition coefficient (Wildman–Crippen LogP) is 2.54. The highest BCUT2D eigenvalue weighted by Gasteiger charge is 2.33. The lowest BCUT2D eigenvalue weighted by Crippen LogP contribution is -2.48. The van der Waals surface area contributed by atoms with Crippen LogP contribution in [0.4, 0.5) is 9.59 Å². The van der Waals surface area contributed by atoms with Crippen LogP contribution < -0.4 is 0 Å². The van der Waals surface area contributed by atoms with Crippen LogP contribution in [0.5, 0.6) is 0 Å².